The van der Waals surface area contributed by atoms with Crippen molar-refractivity contribution in [2.45, 2.75) is 18.8 Å². The topological polar surface area (TPSA) is 88.5 Å². The molecule has 0 spiro atoms. The maximum atomic E-state index is 12.2. The SMILES string of the molecule is O=C(O)CCc1csc(NC(=O)OCC2c3ccccc3-c3ccccc32)n1. The fourth-order valence-electron chi connectivity index (χ4n) is 3.44. The molecular formula is C21H18N2O4S. The van der Waals surface area contributed by atoms with Crippen LogP contribution in [0.15, 0.2) is 53.9 Å². The Morgan fingerprint density at radius 3 is 2.36 bits per heavy atom. The Hall–Kier alpha value is -3.19. The van der Waals surface area contributed by atoms with Crippen molar-refractivity contribution < 1.29 is 19.4 Å². The van der Waals surface area contributed by atoms with Crippen molar-refractivity contribution in [3.63, 3.8) is 0 Å². The summed E-state index contributed by atoms with van der Waals surface area (Å²) in [6.07, 6.45) is -0.229. The van der Waals surface area contributed by atoms with Gasteiger partial charge in [-0.15, -0.1) is 11.3 Å². The van der Waals surface area contributed by atoms with E-state index >= 15 is 0 Å². The van der Waals surface area contributed by atoms with Gasteiger partial charge in [-0.05, 0) is 22.3 Å². The number of benzene rings is 2. The minimum absolute atomic E-state index is 0.000530. The zero-order valence-electron chi connectivity index (χ0n) is 14.9. The molecule has 1 amide bonds. The number of anilines is 1. The molecule has 3 aromatic rings. The van der Waals surface area contributed by atoms with Gasteiger partial charge in [-0.1, -0.05) is 48.5 Å². The van der Waals surface area contributed by atoms with Crippen molar-refractivity contribution >= 4 is 28.5 Å². The summed E-state index contributed by atoms with van der Waals surface area (Å²) in [7, 11) is 0. The minimum Gasteiger partial charge on any atom is -0.481 e. The monoisotopic (exact) mass is 394 g/mol. The first-order valence-electron chi connectivity index (χ1n) is 8.90. The van der Waals surface area contributed by atoms with Crippen LogP contribution in [0.5, 0.6) is 0 Å². The molecule has 2 N–H and O–H groups in total. The summed E-state index contributed by atoms with van der Waals surface area (Å²) in [5.74, 6) is -0.875. The molecule has 1 heterocycles. The minimum atomic E-state index is -0.876. The molecule has 28 heavy (non-hydrogen) atoms. The Kier molecular flexibility index (Phi) is 5.08. The number of rotatable bonds is 6. The highest BCUT2D eigenvalue weighted by atomic mass is 32.1. The van der Waals surface area contributed by atoms with E-state index in [2.05, 4.69) is 34.6 Å². The smallest absolute Gasteiger partial charge is 0.413 e. The van der Waals surface area contributed by atoms with Crippen LogP contribution in [-0.2, 0) is 16.0 Å². The number of hydrogen-bond donors (Lipinski definition) is 2. The van der Waals surface area contributed by atoms with Gasteiger partial charge >= 0.3 is 12.1 Å². The molecule has 0 aliphatic heterocycles. The molecule has 7 heteroatoms. The zero-order valence-corrected chi connectivity index (χ0v) is 15.7. The Morgan fingerprint density at radius 1 is 1.07 bits per heavy atom. The van der Waals surface area contributed by atoms with E-state index in [0.29, 0.717) is 17.2 Å². The molecule has 0 unspecified atom stereocenters. The molecule has 1 aliphatic rings. The predicted octanol–water partition coefficient (Wildman–Crippen LogP) is 4.52. The first-order chi connectivity index (χ1) is 13.6. The van der Waals surface area contributed by atoms with Crippen molar-refractivity contribution in [3.05, 3.63) is 70.7 Å². The summed E-state index contributed by atoms with van der Waals surface area (Å²) >= 11 is 1.25. The first-order valence-corrected chi connectivity index (χ1v) is 9.78. The van der Waals surface area contributed by atoms with Gasteiger partial charge in [0, 0.05) is 17.7 Å². The Balaban J connectivity index is 1.40. The molecular weight excluding hydrogens is 376 g/mol. The number of aromatic nitrogens is 1. The van der Waals surface area contributed by atoms with Crippen LogP contribution >= 0.6 is 11.3 Å². The molecule has 0 radical (unpaired) electrons. The average Bonchev–Trinajstić information content (AvgIpc) is 3.27. The first kappa shape index (κ1) is 18.2. The van der Waals surface area contributed by atoms with E-state index in [0.717, 1.165) is 11.1 Å². The Labute approximate surface area is 165 Å². The van der Waals surface area contributed by atoms with Gasteiger partial charge in [0.15, 0.2) is 5.13 Å². The fraction of sp³-hybridized carbons (Fsp3) is 0.190. The normalized spacial score (nSPS) is 12.3. The largest absolute Gasteiger partial charge is 0.481 e. The number of hydrogen-bond acceptors (Lipinski definition) is 5. The number of carboxylic acids is 1. The summed E-state index contributed by atoms with van der Waals surface area (Å²) in [5.41, 5.74) is 5.30. The molecule has 0 saturated heterocycles. The third-order valence-corrected chi connectivity index (χ3v) is 5.51. The summed E-state index contributed by atoms with van der Waals surface area (Å²) in [4.78, 5) is 27.1. The highest BCUT2D eigenvalue weighted by Crippen LogP contribution is 2.44. The second-order valence-electron chi connectivity index (χ2n) is 6.49. The predicted molar refractivity (Wildman–Crippen MR) is 107 cm³/mol. The molecule has 4 rings (SSSR count). The number of nitrogens with one attached hydrogen (secondary N) is 1. The van der Waals surface area contributed by atoms with Gasteiger partial charge in [-0.25, -0.2) is 9.78 Å². The quantitative estimate of drug-likeness (QED) is 0.642. The number of aryl methyl sites for hydroxylation is 1. The molecule has 6 nitrogen and oxygen atoms in total. The van der Waals surface area contributed by atoms with Crippen molar-refractivity contribution in [3.8, 4) is 11.1 Å². The number of ether oxygens (including phenoxy) is 1. The van der Waals surface area contributed by atoms with E-state index in [1.54, 1.807) is 5.38 Å². The summed E-state index contributed by atoms with van der Waals surface area (Å²) in [6.45, 7) is 0.233. The van der Waals surface area contributed by atoms with Crippen LogP contribution in [0.4, 0.5) is 9.93 Å². The van der Waals surface area contributed by atoms with Crippen molar-refractivity contribution in [1.82, 2.24) is 4.98 Å². The van der Waals surface area contributed by atoms with Crippen LogP contribution in [0, 0.1) is 0 Å². The zero-order chi connectivity index (χ0) is 19.5. The fourth-order valence-corrected chi connectivity index (χ4v) is 4.17. The van der Waals surface area contributed by atoms with Crippen LogP contribution in [0.3, 0.4) is 0 Å². The van der Waals surface area contributed by atoms with Gasteiger partial charge in [0.1, 0.15) is 6.61 Å². The van der Waals surface area contributed by atoms with E-state index < -0.39 is 12.1 Å². The number of amides is 1. The molecule has 1 aliphatic carbocycles. The molecule has 2 aromatic carbocycles. The summed E-state index contributed by atoms with van der Waals surface area (Å²) < 4.78 is 5.47. The second-order valence-corrected chi connectivity index (χ2v) is 7.35. The maximum absolute atomic E-state index is 12.2. The third-order valence-electron chi connectivity index (χ3n) is 4.70. The van der Waals surface area contributed by atoms with Crippen molar-refractivity contribution in [1.29, 1.82) is 0 Å². The Bertz CT molecular complexity index is 985. The standard InChI is InChI=1S/C21H18N2O4S/c24-19(25)10-9-13-12-28-20(22-13)23-21(26)27-11-18-16-7-3-1-5-14(16)15-6-2-4-8-17(15)18/h1-8,12,18H,9-11H2,(H,24,25)(H,22,23,26). The number of carboxylic acid groups (broad SMARTS) is 1. The molecule has 142 valence electrons. The summed E-state index contributed by atoms with van der Waals surface area (Å²) in [6, 6.07) is 16.3. The average molecular weight is 394 g/mol. The second kappa shape index (κ2) is 7.82. The number of carbonyl (C=O) groups excluding carboxylic acids is 1. The van der Waals surface area contributed by atoms with Crippen LogP contribution in [-0.4, -0.2) is 28.8 Å². The lowest BCUT2D eigenvalue weighted by Gasteiger charge is -2.14. The van der Waals surface area contributed by atoms with E-state index in [1.165, 1.54) is 22.5 Å². The van der Waals surface area contributed by atoms with Gasteiger partial charge in [-0.2, -0.15) is 0 Å². The van der Waals surface area contributed by atoms with Crippen LogP contribution in [0.1, 0.15) is 29.2 Å². The number of nitrogens with zero attached hydrogens (tertiary/aromatic N) is 1. The lowest BCUT2D eigenvalue weighted by molar-refractivity contribution is -0.136. The van der Waals surface area contributed by atoms with Gasteiger partial charge in [0.05, 0.1) is 12.1 Å². The number of aliphatic carboxylic acids is 1. The highest BCUT2D eigenvalue weighted by molar-refractivity contribution is 7.13. The summed E-state index contributed by atoms with van der Waals surface area (Å²) in [5, 5.41) is 13.5. The number of fused-ring (bicyclic) bond motifs is 3. The lowest BCUT2D eigenvalue weighted by atomic mass is 9.98. The van der Waals surface area contributed by atoms with Crippen LogP contribution in [0.25, 0.3) is 11.1 Å². The van der Waals surface area contributed by atoms with Gasteiger partial charge in [-0.3, -0.25) is 10.1 Å². The molecule has 0 fully saturated rings. The van der Waals surface area contributed by atoms with Crippen LogP contribution < -0.4 is 5.32 Å². The van der Waals surface area contributed by atoms with Crippen molar-refractivity contribution in [2.24, 2.45) is 0 Å². The van der Waals surface area contributed by atoms with E-state index in [-0.39, 0.29) is 18.9 Å². The number of thiazole rings is 1. The van der Waals surface area contributed by atoms with Gasteiger partial charge in [0.25, 0.3) is 0 Å². The number of carbonyl (C=O) groups is 2. The molecule has 0 saturated carbocycles. The van der Waals surface area contributed by atoms with E-state index in [9.17, 15) is 9.59 Å². The highest BCUT2D eigenvalue weighted by Gasteiger charge is 2.29. The van der Waals surface area contributed by atoms with Crippen molar-refractivity contribution in [2.75, 3.05) is 11.9 Å². The van der Waals surface area contributed by atoms with Gasteiger partial charge in [0.2, 0.25) is 0 Å². The van der Waals surface area contributed by atoms with Gasteiger partial charge < -0.3 is 9.84 Å². The third kappa shape index (κ3) is 3.75. The van der Waals surface area contributed by atoms with E-state index in [4.69, 9.17) is 9.84 Å². The Morgan fingerprint density at radius 2 is 1.71 bits per heavy atom. The van der Waals surface area contributed by atoms with Crippen LogP contribution in [0.2, 0.25) is 0 Å². The molecule has 0 atom stereocenters. The molecule has 0 bridgehead atoms. The van der Waals surface area contributed by atoms with E-state index in [1.807, 2.05) is 24.3 Å². The molecule has 1 aromatic heterocycles. The lowest BCUT2D eigenvalue weighted by Crippen LogP contribution is -2.17. The maximum Gasteiger partial charge on any atom is 0.413 e.